The molecule has 1 aromatic heterocycles. The minimum atomic E-state index is -0.148. The third-order valence-corrected chi connectivity index (χ3v) is 3.48. The van der Waals surface area contributed by atoms with Crippen molar-refractivity contribution in [2.24, 2.45) is 5.84 Å². The summed E-state index contributed by atoms with van der Waals surface area (Å²) in [6.45, 7) is 3.93. The Kier molecular flexibility index (Phi) is 3.97. The van der Waals surface area contributed by atoms with Gasteiger partial charge in [-0.05, 0) is 36.6 Å². The highest BCUT2D eigenvalue weighted by Crippen LogP contribution is 2.29. The Morgan fingerprint density at radius 1 is 1.22 bits per heavy atom. The molecule has 0 saturated heterocycles. The van der Waals surface area contributed by atoms with E-state index < -0.39 is 0 Å². The lowest BCUT2D eigenvalue weighted by molar-refractivity contribution is 0.634. The second kappa shape index (κ2) is 5.48. The van der Waals surface area contributed by atoms with Gasteiger partial charge in [0.15, 0.2) is 0 Å². The van der Waals surface area contributed by atoms with Crippen molar-refractivity contribution < 1.29 is 0 Å². The molecule has 2 aromatic rings. The SMILES string of the molecule is Cc1ccc(C(NN)c2cccc(C)c2Cl)cn1. The van der Waals surface area contributed by atoms with Crippen molar-refractivity contribution >= 4 is 11.6 Å². The zero-order chi connectivity index (χ0) is 13.1. The second-order valence-electron chi connectivity index (χ2n) is 4.31. The molecular formula is C14H16ClN3. The number of benzene rings is 1. The molecule has 0 amide bonds. The van der Waals surface area contributed by atoms with E-state index in [0.29, 0.717) is 0 Å². The first-order valence-corrected chi connectivity index (χ1v) is 6.15. The summed E-state index contributed by atoms with van der Waals surface area (Å²) < 4.78 is 0. The fraction of sp³-hybridized carbons (Fsp3) is 0.214. The minimum absolute atomic E-state index is 0.148. The molecule has 0 bridgehead atoms. The van der Waals surface area contributed by atoms with E-state index in [4.69, 9.17) is 17.4 Å². The number of nitrogens with one attached hydrogen (secondary N) is 1. The number of aromatic nitrogens is 1. The molecule has 4 heteroatoms. The Balaban J connectivity index is 2.45. The van der Waals surface area contributed by atoms with E-state index in [2.05, 4.69) is 10.4 Å². The van der Waals surface area contributed by atoms with Crippen LogP contribution in [-0.2, 0) is 0 Å². The number of hydrazine groups is 1. The van der Waals surface area contributed by atoms with Gasteiger partial charge in [0.05, 0.1) is 6.04 Å². The van der Waals surface area contributed by atoms with E-state index >= 15 is 0 Å². The number of nitrogens with zero attached hydrogens (tertiary/aromatic N) is 1. The normalized spacial score (nSPS) is 12.4. The van der Waals surface area contributed by atoms with Gasteiger partial charge in [-0.3, -0.25) is 10.8 Å². The third-order valence-electron chi connectivity index (χ3n) is 2.97. The lowest BCUT2D eigenvalue weighted by Crippen LogP contribution is -2.29. The largest absolute Gasteiger partial charge is 0.271 e. The van der Waals surface area contributed by atoms with Crippen LogP contribution in [0.4, 0.5) is 0 Å². The number of rotatable bonds is 3. The molecule has 3 nitrogen and oxygen atoms in total. The summed E-state index contributed by atoms with van der Waals surface area (Å²) in [5.74, 6) is 5.66. The van der Waals surface area contributed by atoms with Gasteiger partial charge < -0.3 is 0 Å². The number of hydrogen-bond acceptors (Lipinski definition) is 3. The lowest BCUT2D eigenvalue weighted by Gasteiger charge is -2.19. The van der Waals surface area contributed by atoms with Gasteiger partial charge >= 0.3 is 0 Å². The maximum atomic E-state index is 6.33. The second-order valence-corrected chi connectivity index (χ2v) is 4.69. The Morgan fingerprint density at radius 3 is 2.61 bits per heavy atom. The maximum Gasteiger partial charge on any atom is 0.0739 e. The van der Waals surface area contributed by atoms with Gasteiger partial charge in [-0.15, -0.1) is 0 Å². The first-order chi connectivity index (χ1) is 8.63. The molecule has 0 spiro atoms. The van der Waals surface area contributed by atoms with E-state index in [0.717, 1.165) is 27.4 Å². The predicted molar refractivity (Wildman–Crippen MR) is 74.3 cm³/mol. The number of pyridine rings is 1. The average molecular weight is 262 g/mol. The average Bonchev–Trinajstić information content (AvgIpc) is 2.37. The molecule has 0 aliphatic heterocycles. The van der Waals surface area contributed by atoms with Crippen LogP contribution in [0.2, 0.25) is 5.02 Å². The summed E-state index contributed by atoms with van der Waals surface area (Å²) in [6, 6.07) is 9.75. The van der Waals surface area contributed by atoms with Crippen molar-refractivity contribution in [1.29, 1.82) is 0 Å². The van der Waals surface area contributed by atoms with Crippen LogP contribution in [0.3, 0.4) is 0 Å². The van der Waals surface area contributed by atoms with Crippen molar-refractivity contribution in [3.8, 4) is 0 Å². The highest BCUT2D eigenvalue weighted by atomic mass is 35.5. The summed E-state index contributed by atoms with van der Waals surface area (Å²) in [6.07, 6.45) is 1.82. The van der Waals surface area contributed by atoms with Crippen molar-refractivity contribution in [1.82, 2.24) is 10.4 Å². The maximum absolute atomic E-state index is 6.33. The lowest BCUT2D eigenvalue weighted by atomic mass is 9.99. The van der Waals surface area contributed by atoms with Gasteiger partial charge in [0.2, 0.25) is 0 Å². The minimum Gasteiger partial charge on any atom is -0.271 e. The molecule has 2 rings (SSSR count). The van der Waals surface area contributed by atoms with Crippen molar-refractivity contribution in [3.05, 3.63) is 63.9 Å². The van der Waals surface area contributed by atoms with E-state index in [9.17, 15) is 0 Å². The zero-order valence-electron chi connectivity index (χ0n) is 10.4. The number of nitrogens with two attached hydrogens (primary N) is 1. The van der Waals surface area contributed by atoms with Crippen LogP contribution in [0.25, 0.3) is 0 Å². The molecule has 3 N–H and O–H groups in total. The van der Waals surface area contributed by atoms with Crippen LogP contribution < -0.4 is 11.3 Å². The molecular weight excluding hydrogens is 246 g/mol. The molecule has 18 heavy (non-hydrogen) atoms. The van der Waals surface area contributed by atoms with Crippen LogP contribution in [0.5, 0.6) is 0 Å². The van der Waals surface area contributed by atoms with Crippen LogP contribution in [0.1, 0.15) is 28.4 Å². The molecule has 1 heterocycles. The van der Waals surface area contributed by atoms with Gasteiger partial charge in [-0.1, -0.05) is 35.9 Å². The molecule has 0 aliphatic rings. The van der Waals surface area contributed by atoms with E-state index in [-0.39, 0.29) is 6.04 Å². The monoisotopic (exact) mass is 261 g/mol. The van der Waals surface area contributed by atoms with E-state index in [1.54, 1.807) is 0 Å². The highest BCUT2D eigenvalue weighted by molar-refractivity contribution is 6.32. The van der Waals surface area contributed by atoms with Gasteiger partial charge in [-0.2, -0.15) is 0 Å². The molecule has 0 fully saturated rings. The Bertz CT molecular complexity index is 537. The number of aryl methyl sites for hydroxylation is 2. The van der Waals surface area contributed by atoms with Crippen molar-refractivity contribution in [3.63, 3.8) is 0 Å². The summed E-state index contributed by atoms with van der Waals surface area (Å²) >= 11 is 6.33. The standard InChI is InChI=1S/C14H16ClN3/c1-9-4-3-5-12(13(9)15)14(18-16)11-7-6-10(2)17-8-11/h3-8,14,18H,16H2,1-2H3. The summed E-state index contributed by atoms with van der Waals surface area (Å²) in [4.78, 5) is 4.29. The van der Waals surface area contributed by atoms with Crippen molar-refractivity contribution in [2.45, 2.75) is 19.9 Å². The van der Waals surface area contributed by atoms with Crippen molar-refractivity contribution in [2.75, 3.05) is 0 Å². The summed E-state index contributed by atoms with van der Waals surface area (Å²) in [5, 5.41) is 0.737. The molecule has 0 saturated carbocycles. The first-order valence-electron chi connectivity index (χ1n) is 5.77. The van der Waals surface area contributed by atoms with Crippen LogP contribution in [0, 0.1) is 13.8 Å². The molecule has 94 valence electrons. The zero-order valence-corrected chi connectivity index (χ0v) is 11.2. The smallest absolute Gasteiger partial charge is 0.0739 e. The van der Waals surface area contributed by atoms with Gasteiger partial charge in [0, 0.05) is 16.9 Å². The van der Waals surface area contributed by atoms with Gasteiger partial charge in [-0.25, -0.2) is 5.43 Å². The van der Waals surface area contributed by atoms with Crippen LogP contribution >= 0.6 is 11.6 Å². The quantitative estimate of drug-likeness (QED) is 0.660. The molecule has 1 aromatic carbocycles. The fourth-order valence-electron chi connectivity index (χ4n) is 1.91. The Hall–Kier alpha value is -1.42. The Morgan fingerprint density at radius 2 is 2.00 bits per heavy atom. The highest BCUT2D eigenvalue weighted by Gasteiger charge is 2.16. The molecule has 1 atom stereocenters. The summed E-state index contributed by atoms with van der Waals surface area (Å²) in [5.41, 5.74) is 6.77. The van der Waals surface area contributed by atoms with E-state index in [1.165, 1.54) is 0 Å². The van der Waals surface area contributed by atoms with Gasteiger partial charge in [0.1, 0.15) is 0 Å². The fourth-order valence-corrected chi connectivity index (χ4v) is 2.14. The van der Waals surface area contributed by atoms with Gasteiger partial charge in [0.25, 0.3) is 0 Å². The van der Waals surface area contributed by atoms with E-state index in [1.807, 2.05) is 50.4 Å². The number of halogens is 1. The third kappa shape index (κ3) is 2.53. The predicted octanol–water partition coefficient (Wildman–Crippen LogP) is 2.90. The number of hydrogen-bond donors (Lipinski definition) is 2. The Labute approximate surface area is 112 Å². The first kappa shape index (κ1) is 13.0. The topological polar surface area (TPSA) is 50.9 Å². The molecule has 0 aliphatic carbocycles. The summed E-state index contributed by atoms with van der Waals surface area (Å²) in [7, 11) is 0. The molecule has 1 unspecified atom stereocenters. The molecule has 0 radical (unpaired) electrons. The van der Waals surface area contributed by atoms with Crippen LogP contribution in [-0.4, -0.2) is 4.98 Å². The van der Waals surface area contributed by atoms with Crippen LogP contribution in [0.15, 0.2) is 36.5 Å².